The molecule has 0 aliphatic carbocycles. The topological polar surface area (TPSA) is 44.7 Å². The average molecular weight is 402 g/mol. The van der Waals surface area contributed by atoms with Gasteiger partial charge in [-0.05, 0) is 24.3 Å². The molecule has 1 saturated heterocycles. The molecule has 4 rings (SSSR count). The Morgan fingerprint density at radius 1 is 1.37 bits per heavy atom. The van der Waals surface area contributed by atoms with Gasteiger partial charge in [0.15, 0.2) is 10.3 Å². The van der Waals surface area contributed by atoms with Gasteiger partial charge in [0.25, 0.3) is 5.91 Å². The summed E-state index contributed by atoms with van der Waals surface area (Å²) in [7, 11) is 0. The predicted octanol–water partition coefficient (Wildman–Crippen LogP) is 3.73. The summed E-state index contributed by atoms with van der Waals surface area (Å²) >= 11 is 2.75. The average Bonchev–Trinajstić information content (AvgIpc) is 3.26. The molecule has 140 valence electrons. The number of hydrogen-bond donors (Lipinski definition) is 1. The van der Waals surface area contributed by atoms with Gasteiger partial charge >= 0.3 is 0 Å². The Balaban J connectivity index is 1.59. The number of benzene rings is 1. The first-order valence-corrected chi connectivity index (χ1v) is 10.4. The third-order valence-corrected chi connectivity index (χ3v) is 7.62. The zero-order chi connectivity index (χ0) is 18.9. The number of thioether (sulfide) groups is 1. The summed E-state index contributed by atoms with van der Waals surface area (Å²) < 4.78 is 13.5. The zero-order valence-electron chi connectivity index (χ0n) is 14.7. The lowest BCUT2D eigenvalue weighted by Crippen LogP contribution is -2.42. The van der Waals surface area contributed by atoms with Gasteiger partial charge in [-0.2, -0.15) is 4.39 Å². The molecule has 0 saturated carbocycles. The van der Waals surface area contributed by atoms with Crippen LogP contribution < -0.4 is 5.32 Å². The predicted molar refractivity (Wildman–Crippen MR) is 110 cm³/mol. The second-order valence-corrected chi connectivity index (χ2v) is 9.09. The molecule has 2 aliphatic heterocycles. The number of nitrogens with one attached hydrogen (secondary N) is 1. The highest BCUT2D eigenvalue weighted by molar-refractivity contribution is 8.14. The van der Waals surface area contributed by atoms with E-state index in [4.69, 9.17) is 0 Å². The Bertz CT molecular complexity index is 882. The molecule has 1 aromatic heterocycles. The van der Waals surface area contributed by atoms with E-state index in [0.29, 0.717) is 17.3 Å². The van der Waals surface area contributed by atoms with Crippen LogP contribution in [0.2, 0.25) is 0 Å². The minimum atomic E-state index is -0.293. The molecule has 1 amide bonds. The summed E-state index contributed by atoms with van der Waals surface area (Å²) in [6.45, 7) is 6.92. The number of thiophene rings is 1. The number of amides is 1. The fourth-order valence-electron chi connectivity index (χ4n) is 3.72. The van der Waals surface area contributed by atoms with Crippen molar-refractivity contribution in [2.24, 2.45) is 10.9 Å². The second-order valence-electron chi connectivity index (χ2n) is 6.74. The second kappa shape index (κ2) is 7.58. The number of carbonyl (C=O) groups is 1. The Kier molecular flexibility index (Phi) is 5.16. The number of halogens is 1. The number of carbonyl (C=O) groups excluding carboxylic acids is 1. The van der Waals surface area contributed by atoms with Gasteiger partial charge in [0, 0.05) is 42.5 Å². The van der Waals surface area contributed by atoms with Gasteiger partial charge in [-0.1, -0.05) is 36.0 Å². The smallest absolute Gasteiger partial charge is 0.257 e. The third kappa shape index (κ3) is 3.59. The van der Waals surface area contributed by atoms with Crippen LogP contribution in [0.5, 0.6) is 0 Å². The SMILES string of the molecule is C=CCN1CC2CN=C(NC(=O)c3ccccc3)SC2(c2ccc(F)s2)C1. The van der Waals surface area contributed by atoms with Crippen molar-refractivity contribution < 1.29 is 9.18 Å². The van der Waals surface area contributed by atoms with Crippen LogP contribution in [0.4, 0.5) is 4.39 Å². The number of fused-ring (bicyclic) bond motifs is 1. The summed E-state index contributed by atoms with van der Waals surface area (Å²) in [5.41, 5.74) is 0.596. The van der Waals surface area contributed by atoms with Crippen molar-refractivity contribution in [3.05, 3.63) is 70.7 Å². The molecule has 3 heterocycles. The first kappa shape index (κ1) is 18.4. The highest BCUT2D eigenvalue weighted by Crippen LogP contribution is 2.52. The fraction of sp³-hybridized carbons (Fsp3) is 0.300. The Hall–Kier alpha value is -1.96. The van der Waals surface area contributed by atoms with Crippen LogP contribution in [-0.4, -0.2) is 42.2 Å². The summed E-state index contributed by atoms with van der Waals surface area (Å²) in [6, 6.07) is 12.5. The molecule has 1 aromatic carbocycles. The molecule has 0 radical (unpaired) electrons. The van der Waals surface area contributed by atoms with E-state index in [1.165, 1.54) is 17.4 Å². The monoisotopic (exact) mass is 401 g/mol. The number of nitrogens with zero attached hydrogens (tertiary/aromatic N) is 2. The molecular formula is C20H20FN3OS2. The van der Waals surface area contributed by atoms with E-state index in [2.05, 4.69) is 21.8 Å². The maximum Gasteiger partial charge on any atom is 0.257 e. The first-order chi connectivity index (χ1) is 13.1. The number of aliphatic imine (C=N–C) groups is 1. The summed E-state index contributed by atoms with van der Waals surface area (Å²) in [5, 5.41) is 3.37. The molecule has 1 fully saturated rings. The van der Waals surface area contributed by atoms with Gasteiger partial charge < -0.3 is 5.32 Å². The van der Waals surface area contributed by atoms with Crippen molar-refractivity contribution in [2.75, 3.05) is 26.2 Å². The first-order valence-electron chi connectivity index (χ1n) is 8.79. The van der Waals surface area contributed by atoms with Gasteiger partial charge in [-0.25, -0.2) is 0 Å². The van der Waals surface area contributed by atoms with Crippen molar-refractivity contribution in [3.8, 4) is 0 Å². The molecule has 2 aromatic rings. The van der Waals surface area contributed by atoms with E-state index < -0.39 is 0 Å². The summed E-state index contributed by atoms with van der Waals surface area (Å²) in [5.74, 6) is 0.103. The van der Waals surface area contributed by atoms with E-state index in [0.717, 1.165) is 24.5 Å². The molecule has 0 bridgehead atoms. The third-order valence-electron chi connectivity index (χ3n) is 4.96. The quantitative estimate of drug-likeness (QED) is 0.794. The van der Waals surface area contributed by atoms with Gasteiger partial charge in [-0.3, -0.25) is 14.7 Å². The molecule has 1 N–H and O–H groups in total. The number of likely N-dealkylation sites (tertiary alicyclic amines) is 1. The summed E-state index contributed by atoms with van der Waals surface area (Å²) in [4.78, 5) is 20.5. The highest BCUT2D eigenvalue weighted by Gasteiger charge is 2.52. The van der Waals surface area contributed by atoms with E-state index in [9.17, 15) is 9.18 Å². The molecule has 27 heavy (non-hydrogen) atoms. The van der Waals surface area contributed by atoms with Crippen LogP contribution >= 0.6 is 23.1 Å². The fourth-order valence-corrected chi connectivity index (χ4v) is 6.22. The zero-order valence-corrected chi connectivity index (χ0v) is 16.4. The Labute approximate surface area is 166 Å². The molecule has 2 aliphatic rings. The van der Waals surface area contributed by atoms with Gasteiger partial charge in [0.1, 0.15) is 0 Å². The van der Waals surface area contributed by atoms with Crippen LogP contribution in [0.15, 0.2) is 60.1 Å². The van der Waals surface area contributed by atoms with Crippen LogP contribution in [0.3, 0.4) is 0 Å². The van der Waals surface area contributed by atoms with Crippen molar-refractivity contribution in [1.29, 1.82) is 0 Å². The van der Waals surface area contributed by atoms with Crippen molar-refractivity contribution >= 4 is 34.2 Å². The van der Waals surface area contributed by atoms with Gasteiger partial charge in [0.2, 0.25) is 0 Å². The molecule has 2 atom stereocenters. The lowest BCUT2D eigenvalue weighted by molar-refractivity contribution is 0.0977. The van der Waals surface area contributed by atoms with Crippen LogP contribution in [0, 0.1) is 11.0 Å². The maximum absolute atomic E-state index is 13.8. The normalized spacial score (nSPS) is 24.9. The van der Waals surface area contributed by atoms with Crippen molar-refractivity contribution in [1.82, 2.24) is 10.2 Å². The lowest BCUT2D eigenvalue weighted by atomic mass is 9.93. The van der Waals surface area contributed by atoms with Crippen LogP contribution in [0.25, 0.3) is 0 Å². The molecule has 0 spiro atoms. The summed E-state index contributed by atoms with van der Waals surface area (Å²) in [6.07, 6.45) is 1.89. The molecular weight excluding hydrogens is 381 g/mol. The maximum atomic E-state index is 13.8. The van der Waals surface area contributed by atoms with Crippen molar-refractivity contribution in [3.63, 3.8) is 0 Å². The number of amidine groups is 1. The van der Waals surface area contributed by atoms with Crippen LogP contribution in [0.1, 0.15) is 15.2 Å². The van der Waals surface area contributed by atoms with Crippen molar-refractivity contribution in [2.45, 2.75) is 4.75 Å². The molecule has 2 unspecified atom stereocenters. The van der Waals surface area contributed by atoms with Crippen LogP contribution in [-0.2, 0) is 4.75 Å². The largest absolute Gasteiger partial charge is 0.301 e. The molecule has 4 nitrogen and oxygen atoms in total. The Morgan fingerprint density at radius 3 is 2.89 bits per heavy atom. The highest BCUT2D eigenvalue weighted by atomic mass is 32.2. The van der Waals surface area contributed by atoms with Gasteiger partial charge in [0.05, 0.1) is 4.75 Å². The standard InChI is InChI=1S/C20H20FN3OS2/c1-2-10-24-12-15-11-22-19(23-18(25)14-6-4-3-5-7-14)27-20(15,13-24)16-8-9-17(21)26-16/h2-9,15H,1,10-13H2,(H,22,23,25). The minimum absolute atomic E-state index is 0.172. The van der Waals surface area contributed by atoms with E-state index in [1.54, 1.807) is 23.9 Å². The number of rotatable bonds is 4. The molecule has 7 heteroatoms. The Morgan fingerprint density at radius 2 is 2.19 bits per heavy atom. The van der Waals surface area contributed by atoms with E-state index >= 15 is 0 Å². The van der Waals surface area contributed by atoms with E-state index in [-0.39, 0.29) is 21.7 Å². The lowest BCUT2D eigenvalue weighted by Gasteiger charge is -2.36. The van der Waals surface area contributed by atoms with Gasteiger partial charge in [-0.15, -0.1) is 17.9 Å². The van der Waals surface area contributed by atoms with E-state index in [1.807, 2.05) is 30.3 Å². The minimum Gasteiger partial charge on any atom is -0.301 e. The number of hydrogen-bond acceptors (Lipinski definition) is 5.